The average molecular weight is 258 g/mol. The van der Waals surface area contributed by atoms with Crippen LogP contribution in [-0.2, 0) is 17.9 Å². The molecule has 0 aliphatic rings. The molecule has 0 saturated carbocycles. The van der Waals surface area contributed by atoms with Crippen molar-refractivity contribution in [1.82, 2.24) is 0 Å². The molecule has 94 valence electrons. The number of phosphoric ester groups is 1. The van der Waals surface area contributed by atoms with Crippen molar-refractivity contribution in [2.75, 3.05) is 39.4 Å². The minimum atomic E-state index is -3.36. The first kappa shape index (κ1) is 15.5. The molecule has 0 unspecified atom stereocenters. The predicted octanol–water partition coefficient (Wildman–Crippen LogP) is 3.56. The molecule has 0 aliphatic heterocycles. The van der Waals surface area contributed by atoms with E-state index in [9.17, 15) is 4.57 Å². The number of hydrogen-bond donors (Lipinski definition) is 0. The van der Waals surface area contributed by atoms with Crippen molar-refractivity contribution < 1.29 is 17.9 Å². The van der Waals surface area contributed by atoms with E-state index in [0.29, 0.717) is 0 Å². The Kier molecular flexibility index (Phi) is 5.44. The van der Waals surface area contributed by atoms with Gasteiger partial charge in [0.15, 0.2) is 0 Å². The second kappa shape index (κ2) is 5.25. The van der Waals surface area contributed by atoms with Gasteiger partial charge in [-0.3, -0.25) is 0 Å². The Morgan fingerprint density at radius 3 is 1.53 bits per heavy atom. The fourth-order valence-electron chi connectivity index (χ4n) is 1.30. The molecule has 0 amide bonds. The fraction of sp³-hybridized carbons (Fsp3) is 1.00. The number of phosphoric acid groups is 1. The molecule has 0 heterocycles. The SMILES string of the molecule is CCP(C)(CC)(CC)OP(=O)(OC)OC. The molecule has 0 aromatic carbocycles. The van der Waals surface area contributed by atoms with E-state index in [0.717, 1.165) is 18.5 Å². The maximum atomic E-state index is 12.0. The zero-order valence-corrected chi connectivity index (χ0v) is 12.4. The molecule has 0 fully saturated rings. The van der Waals surface area contributed by atoms with Crippen LogP contribution in [0.1, 0.15) is 20.8 Å². The van der Waals surface area contributed by atoms with Crippen molar-refractivity contribution in [2.24, 2.45) is 0 Å². The Balaban J connectivity index is 5.08. The molecule has 0 rings (SSSR count). The second-order valence-corrected chi connectivity index (χ2v) is 12.6. The fourth-order valence-corrected chi connectivity index (χ4v) is 7.20. The van der Waals surface area contributed by atoms with Gasteiger partial charge in [-0.25, -0.2) is 0 Å². The van der Waals surface area contributed by atoms with E-state index in [2.05, 4.69) is 27.4 Å². The van der Waals surface area contributed by atoms with Gasteiger partial charge < -0.3 is 0 Å². The van der Waals surface area contributed by atoms with Crippen LogP contribution in [0.4, 0.5) is 0 Å². The summed E-state index contributed by atoms with van der Waals surface area (Å²) < 4.78 is 27.5. The van der Waals surface area contributed by atoms with Gasteiger partial charge in [0, 0.05) is 0 Å². The molecule has 6 heteroatoms. The minimum absolute atomic E-state index is 0.884. The summed E-state index contributed by atoms with van der Waals surface area (Å²) in [6.45, 7) is 5.92. The topological polar surface area (TPSA) is 44.8 Å². The third kappa shape index (κ3) is 3.51. The first-order valence-corrected chi connectivity index (χ1v) is 9.86. The van der Waals surface area contributed by atoms with Gasteiger partial charge in [-0.1, -0.05) is 0 Å². The Labute approximate surface area is 93.3 Å². The molecule has 0 radical (unpaired) electrons. The van der Waals surface area contributed by atoms with Gasteiger partial charge in [-0.05, 0) is 0 Å². The molecule has 0 bridgehead atoms. The third-order valence-electron chi connectivity index (χ3n) is 3.48. The maximum absolute atomic E-state index is 12.0. The van der Waals surface area contributed by atoms with Crippen molar-refractivity contribution in [3.05, 3.63) is 0 Å². The molecular weight excluding hydrogens is 234 g/mol. The molecule has 0 N–H and O–H groups in total. The van der Waals surface area contributed by atoms with E-state index < -0.39 is 14.7 Å². The average Bonchev–Trinajstić information content (AvgIpc) is 2.29. The van der Waals surface area contributed by atoms with Crippen LogP contribution in [0, 0.1) is 0 Å². The van der Waals surface area contributed by atoms with E-state index in [1.807, 2.05) is 0 Å². The zero-order chi connectivity index (χ0) is 12.2. The van der Waals surface area contributed by atoms with Gasteiger partial charge in [0.25, 0.3) is 0 Å². The van der Waals surface area contributed by atoms with E-state index in [4.69, 9.17) is 13.4 Å². The summed E-state index contributed by atoms with van der Waals surface area (Å²) in [6.07, 6.45) is 2.65. The van der Waals surface area contributed by atoms with Gasteiger partial charge in [-0.2, -0.15) is 0 Å². The summed E-state index contributed by atoms with van der Waals surface area (Å²) in [5.41, 5.74) is 0. The monoisotopic (exact) mass is 258 g/mol. The van der Waals surface area contributed by atoms with Crippen LogP contribution in [-0.4, -0.2) is 39.4 Å². The molecule has 0 aliphatic carbocycles. The standard InChI is InChI=1S/C9H24O4P2/c1-7-15(6,8-2,9-3)13-14(10,11-4)12-5/h7-9H2,1-6H3. The predicted molar refractivity (Wildman–Crippen MR) is 67.2 cm³/mol. The Bertz CT molecular complexity index is 231. The summed E-state index contributed by atoms with van der Waals surface area (Å²) in [4.78, 5) is 0. The molecule has 15 heavy (non-hydrogen) atoms. The number of hydrogen-bond acceptors (Lipinski definition) is 4. The summed E-state index contributed by atoms with van der Waals surface area (Å²) in [7, 11) is -0.652. The Hall–Kier alpha value is 0.540. The van der Waals surface area contributed by atoms with E-state index in [1.165, 1.54) is 14.2 Å². The summed E-state index contributed by atoms with van der Waals surface area (Å²) in [5.74, 6) is 0. The van der Waals surface area contributed by atoms with Crippen LogP contribution in [0.5, 0.6) is 0 Å². The molecule has 4 nitrogen and oxygen atoms in total. The van der Waals surface area contributed by atoms with Crippen molar-refractivity contribution in [2.45, 2.75) is 20.8 Å². The Morgan fingerprint density at radius 1 is 1.00 bits per heavy atom. The van der Waals surface area contributed by atoms with E-state index in [1.54, 1.807) is 0 Å². The molecule has 0 aromatic rings. The molecule has 0 aromatic heterocycles. The molecular formula is C9H24O4P2. The zero-order valence-electron chi connectivity index (χ0n) is 10.6. The van der Waals surface area contributed by atoms with Crippen LogP contribution < -0.4 is 0 Å². The first-order valence-electron chi connectivity index (χ1n) is 5.25. The van der Waals surface area contributed by atoms with Crippen molar-refractivity contribution in [3.8, 4) is 0 Å². The molecule has 0 atom stereocenters. The first-order chi connectivity index (χ1) is 6.81. The quantitative estimate of drug-likeness (QED) is 0.655. The number of rotatable bonds is 7. The van der Waals surface area contributed by atoms with Crippen molar-refractivity contribution in [1.29, 1.82) is 0 Å². The molecule has 0 saturated heterocycles. The summed E-state index contributed by atoms with van der Waals surface area (Å²) in [6, 6.07) is 0. The van der Waals surface area contributed by atoms with Crippen molar-refractivity contribution in [3.63, 3.8) is 0 Å². The van der Waals surface area contributed by atoms with Gasteiger partial charge >= 0.3 is 92.7 Å². The van der Waals surface area contributed by atoms with Crippen LogP contribution >= 0.6 is 14.7 Å². The van der Waals surface area contributed by atoms with Crippen LogP contribution in [0.3, 0.4) is 0 Å². The van der Waals surface area contributed by atoms with Crippen LogP contribution in [0.15, 0.2) is 0 Å². The Morgan fingerprint density at radius 2 is 1.33 bits per heavy atom. The molecule has 0 spiro atoms. The third-order valence-corrected chi connectivity index (χ3v) is 12.6. The van der Waals surface area contributed by atoms with E-state index in [-0.39, 0.29) is 0 Å². The summed E-state index contributed by atoms with van der Waals surface area (Å²) in [5, 5.41) is 0. The van der Waals surface area contributed by atoms with Gasteiger partial charge in [0.2, 0.25) is 0 Å². The van der Waals surface area contributed by atoms with Gasteiger partial charge in [-0.15, -0.1) is 0 Å². The normalized spacial score (nSPS) is 16.0. The van der Waals surface area contributed by atoms with Crippen LogP contribution in [0.25, 0.3) is 0 Å². The van der Waals surface area contributed by atoms with Crippen molar-refractivity contribution >= 4 is 14.7 Å². The van der Waals surface area contributed by atoms with E-state index >= 15 is 0 Å². The second-order valence-electron chi connectivity index (χ2n) is 4.03. The van der Waals surface area contributed by atoms with Gasteiger partial charge in [0.1, 0.15) is 0 Å². The van der Waals surface area contributed by atoms with Gasteiger partial charge in [0.05, 0.1) is 0 Å². The van der Waals surface area contributed by atoms with Crippen LogP contribution in [0.2, 0.25) is 0 Å². The summed E-state index contributed by atoms with van der Waals surface area (Å²) >= 11 is 0.